The number of anilines is 1. The molecular weight excluding hydrogens is 246 g/mol. The Labute approximate surface area is 102 Å². The highest BCUT2D eigenvalue weighted by Gasteiger charge is 2.11. The summed E-state index contributed by atoms with van der Waals surface area (Å²) in [7, 11) is -3.18. The van der Waals surface area contributed by atoms with Crippen molar-refractivity contribution in [2.75, 3.05) is 18.1 Å². The van der Waals surface area contributed by atoms with E-state index in [1.807, 2.05) is 6.92 Å². The average molecular weight is 262 g/mol. The second kappa shape index (κ2) is 5.55. The van der Waals surface area contributed by atoms with E-state index in [0.29, 0.717) is 17.1 Å². The van der Waals surface area contributed by atoms with Gasteiger partial charge in [-0.15, -0.1) is 11.6 Å². The summed E-state index contributed by atoms with van der Waals surface area (Å²) in [6, 6.07) is 6.88. The van der Waals surface area contributed by atoms with Crippen molar-refractivity contribution in [1.82, 2.24) is 0 Å². The van der Waals surface area contributed by atoms with Gasteiger partial charge in [0.2, 0.25) is 0 Å². The van der Waals surface area contributed by atoms with Gasteiger partial charge in [-0.1, -0.05) is 12.1 Å². The average Bonchev–Trinajstić information content (AvgIpc) is 2.16. The number of nitrogens with one attached hydrogen (secondary N) is 1. The number of hydrogen-bond acceptors (Lipinski definition) is 3. The summed E-state index contributed by atoms with van der Waals surface area (Å²) in [6.07, 6.45) is 2.00. The Morgan fingerprint density at radius 3 is 2.56 bits per heavy atom. The van der Waals surface area contributed by atoms with E-state index in [0.717, 1.165) is 6.42 Å². The minimum atomic E-state index is -3.18. The number of hydrogen-bond donors (Lipinski definition) is 1. The largest absolute Gasteiger partial charge is 0.384 e. The van der Waals surface area contributed by atoms with Crippen LogP contribution in [0.5, 0.6) is 0 Å². The summed E-state index contributed by atoms with van der Waals surface area (Å²) in [6.45, 7) is 2.57. The topological polar surface area (TPSA) is 46.2 Å². The summed E-state index contributed by atoms with van der Waals surface area (Å²) >= 11 is 5.82. The summed E-state index contributed by atoms with van der Waals surface area (Å²) < 4.78 is 23.0. The first-order valence-electron chi connectivity index (χ1n) is 5.08. The van der Waals surface area contributed by atoms with Gasteiger partial charge in [0.1, 0.15) is 0 Å². The van der Waals surface area contributed by atoms with E-state index < -0.39 is 9.84 Å². The molecule has 0 heterocycles. The fourth-order valence-electron chi connectivity index (χ4n) is 1.34. The lowest BCUT2D eigenvalue weighted by atomic mass is 10.3. The van der Waals surface area contributed by atoms with Crippen molar-refractivity contribution >= 4 is 27.1 Å². The van der Waals surface area contributed by atoms with Crippen LogP contribution in [0.3, 0.4) is 0 Å². The van der Waals surface area contributed by atoms with Gasteiger partial charge in [0.05, 0.1) is 10.6 Å². The molecule has 90 valence electrons. The maximum absolute atomic E-state index is 11.5. The summed E-state index contributed by atoms with van der Waals surface area (Å²) in [4.78, 5) is 0.331. The molecule has 0 amide bonds. The predicted octanol–water partition coefficient (Wildman–Crippen LogP) is 2.52. The Kier molecular flexibility index (Phi) is 4.62. The summed E-state index contributed by atoms with van der Waals surface area (Å²) in [5, 5.41) is 3.17. The lowest BCUT2D eigenvalue weighted by Gasteiger charge is -2.11. The van der Waals surface area contributed by atoms with E-state index in [2.05, 4.69) is 5.32 Å². The third-order valence-corrected chi connectivity index (χ3v) is 3.52. The molecule has 0 saturated carbocycles. The van der Waals surface area contributed by atoms with Crippen LogP contribution in [0.4, 0.5) is 5.69 Å². The Morgan fingerprint density at radius 2 is 2.00 bits per heavy atom. The molecule has 1 N–H and O–H groups in total. The van der Waals surface area contributed by atoms with Crippen LogP contribution < -0.4 is 5.32 Å². The van der Waals surface area contributed by atoms with E-state index >= 15 is 0 Å². The van der Waals surface area contributed by atoms with Gasteiger partial charge in [-0.2, -0.15) is 0 Å². The fraction of sp³-hybridized carbons (Fsp3) is 0.455. The molecule has 1 rings (SSSR count). The SMILES string of the molecule is CC(Cl)CCNc1ccccc1S(C)(=O)=O. The van der Waals surface area contributed by atoms with E-state index in [4.69, 9.17) is 11.6 Å². The Hall–Kier alpha value is -0.740. The predicted molar refractivity (Wildman–Crippen MR) is 68.0 cm³/mol. The highest BCUT2D eigenvalue weighted by molar-refractivity contribution is 7.90. The molecule has 0 radical (unpaired) electrons. The lowest BCUT2D eigenvalue weighted by molar-refractivity contribution is 0.602. The molecule has 0 aliphatic rings. The van der Waals surface area contributed by atoms with E-state index in [-0.39, 0.29) is 5.38 Å². The maximum atomic E-state index is 11.5. The van der Waals surface area contributed by atoms with Crippen LogP contribution in [0, 0.1) is 0 Å². The van der Waals surface area contributed by atoms with Gasteiger partial charge in [0, 0.05) is 18.2 Å². The monoisotopic (exact) mass is 261 g/mol. The van der Waals surface area contributed by atoms with Crippen LogP contribution in [-0.4, -0.2) is 26.6 Å². The van der Waals surface area contributed by atoms with Crippen LogP contribution in [0.1, 0.15) is 13.3 Å². The van der Waals surface area contributed by atoms with Crippen molar-refractivity contribution < 1.29 is 8.42 Å². The van der Waals surface area contributed by atoms with Gasteiger partial charge in [-0.05, 0) is 25.5 Å². The van der Waals surface area contributed by atoms with Gasteiger partial charge >= 0.3 is 0 Å². The van der Waals surface area contributed by atoms with Crippen molar-refractivity contribution in [3.63, 3.8) is 0 Å². The molecule has 1 aromatic carbocycles. The third-order valence-electron chi connectivity index (χ3n) is 2.14. The van der Waals surface area contributed by atoms with Crippen molar-refractivity contribution in [2.24, 2.45) is 0 Å². The van der Waals surface area contributed by atoms with Gasteiger partial charge in [0.15, 0.2) is 9.84 Å². The number of rotatable bonds is 5. The van der Waals surface area contributed by atoms with Crippen LogP contribution >= 0.6 is 11.6 Å². The zero-order chi connectivity index (χ0) is 12.2. The van der Waals surface area contributed by atoms with Crippen LogP contribution in [0.2, 0.25) is 0 Å². The van der Waals surface area contributed by atoms with E-state index in [1.54, 1.807) is 24.3 Å². The number of alkyl halides is 1. The molecule has 3 nitrogen and oxygen atoms in total. The Balaban J connectivity index is 2.80. The number of sulfone groups is 1. The maximum Gasteiger partial charge on any atom is 0.177 e. The molecule has 1 aromatic rings. The van der Waals surface area contributed by atoms with Crippen molar-refractivity contribution in [3.8, 4) is 0 Å². The molecule has 0 aromatic heterocycles. The second-order valence-electron chi connectivity index (χ2n) is 3.76. The molecule has 0 aliphatic heterocycles. The lowest BCUT2D eigenvalue weighted by Crippen LogP contribution is -2.09. The van der Waals surface area contributed by atoms with Gasteiger partial charge in [-0.25, -0.2) is 8.42 Å². The highest BCUT2D eigenvalue weighted by atomic mass is 35.5. The minimum Gasteiger partial charge on any atom is -0.384 e. The molecular formula is C11H16ClNO2S. The van der Waals surface area contributed by atoms with Crippen LogP contribution in [0.25, 0.3) is 0 Å². The first-order valence-corrected chi connectivity index (χ1v) is 7.41. The van der Waals surface area contributed by atoms with Crippen molar-refractivity contribution in [3.05, 3.63) is 24.3 Å². The molecule has 0 saturated heterocycles. The minimum absolute atomic E-state index is 0.0814. The first kappa shape index (κ1) is 13.3. The molecule has 16 heavy (non-hydrogen) atoms. The number of para-hydroxylation sites is 1. The van der Waals surface area contributed by atoms with Crippen molar-refractivity contribution in [1.29, 1.82) is 0 Å². The van der Waals surface area contributed by atoms with Crippen LogP contribution in [0.15, 0.2) is 29.2 Å². The number of halogens is 1. The first-order chi connectivity index (χ1) is 7.41. The van der Waals surface area contributed by atoms with E-state index in [9.17, 15) is 8.42 Å². The molecule has 0 fully saturated rings. The van der Waals surface area contributed by atoms with E-state index in [1.165, 1.54) is 6.26 Å². The second-order valence-corrected chi connectivity index (χ2v) is 6.49. The molecule has 0 bridgehead atoms. The number of benzene rings is 1. The van der Waals surface area contributed by atoms with Gasteiger partial charge < -0.3 is 5.32 Å². The molecule has 5 heteroatoms. The quantitative estimate of drug-likeness (QED) is 0.829. The van der Waals surface area contributed by atoms with Gasteiger partial charge in [0.25, 0.3) is 0 Å². The fourth-order valence-corrected chi connectivity index (χ4v) is 2.32. The zero-order valence-corrected chi connectivity index (χ0v) is 11.0. The van der Waals surface area contributed by atoms with Crippen LogP contribution in [-0.2, 0) is 9.84 Å². The van der Waals surface area contributed by atoms with Crippen molar-refractivity contribution in [2.45, 2.75) is 23.6 Å². The molecule has 1 atom stereocenters. The molecule has 1 unspecified atom stereocenters. The summed E-state index contributed by atoms with van der Waals surface area (Å²) in [5.41, 5.74) is 0.641. The summed E-state index contributed by atoms with van der Waals surface area (Å²) in [5.74, 6) is 0. The Morgan fingerprint density at radius 1 is 1.38 bits per heavy atom. The zero-order valence-electron chi connectivity index (χ0n) is 9.40. The highest BCUT2D eigenvalue weighted by Crippen LogP contribution is 2.20. The Bertz CT molecular complexity index is 443. The standard InChI is InChI=1S/C11H16ClNO2S/c1-9(12)7-8-13-10-5-3-4-6-11(10)16(2,14)15/h3-6,9,13H,7-8H2,1-2H3. The van der Waals surface area contributed by atoms with Gasteiger partial charge in [-0.3, -0.25) is 0 Å². The third kappa shape index (κ3) is 4.02. The molecule has 0 spiro atoms. The molecule has 0 aliphatic carbocycles. The smallest absolute Gasteiger partial charge is 0.177 e. The normalized spacial score (nSPS) is 13.4.